The predicted octanol–water partition coefficient (Wildman–Crippen LogP) is -6.43. The quantitative estimate of drug-likeness (QED) is 0.0790. The van der Waals surface area contributed by atoms with Crippen LogP contribution in [0.5, 0.6) is 0 Å². The molecule has 2 aliphatic heterocycles. The number of nitrogen functional groups attached to an aromatic ring is 2. The van der Waals surface area contributed by atoms with Crippen LogP contribution < -0.4 is 45.9 Å². The van der Waals surface area contributed by atoms with Crippen LogP contribution in [0.25, 0.3) is 22.3 Å². The Labute approximate surface area is 257 Å². The van der Waals surface area contributed by atoms with Crippen molar-refractivity contribution in [1.29, 1.82) is 0 Å². The first kappa shape index (κ1) is 31.0. The van der Waals surface area contributed by atoms with Gasteiger partial charge in [0.2, 0.25) is 0 Å². The van der Waals surface area contributed by atoms with E-state index >= 15 is 0 Å². The predicted molar refractivity (Wildman–Crippen MR) is 131 cm³/mol. The molecule has 9 atom stereocenters. The Balaban J connectivity index is 0.00000353. The van der Waals surface area contributed by atoms with Gasteiger partial charge in [-0.1, -0.05) is 0 Å². The van der Waals surface area contributed by atoms with E-state index in [0.29, 0.717) is 0 Å². The number of aromatic nitrogens is 8. The third-order valence-corrected chi connectivity index (χ3v) is 7.72. The van der Waals surface area contributed by atoms with Gasteiger partial charge >= 0.3 is 29.6 Å². The molecule has 8 N–H and O–H groups in total. The van der Waals surface area contributed by atoms with Crippen molar-refractivity contribution >= 4 is 41.8 Å². The number of hydrogen-bond donors (Lipinski definition) is 6. The minimum Gasteiger partial charge on any atom is -0.756 e. The first-order valence-electron chi connectivity index (χ1n) is 12.0. The second kappa shape index (κ2) is 11.9. The zero-order valence-electron chi connectivity index (χ0n) is 21.8. The number of hydrogen-bond acceptors (Lipinski definition) is 18. The fourth-order valence-electron chi connectivity index (χ4n) is 4.67. The van der Waals surface area contributed by atoms with Crippen LogP contribution in [0.3, 0.4) is 0 Å². The second-order valence-corrected chi connectivity index (χ2v) is 10.7. The Hall–Kier alpha value is -2.43. The SMILES string of the molecule is Nc1ncnc2c1ncn2[C@@H]1O[C@H](COP(=O)([O-])OC[C@H]2O[C@H](n3cnc4c(N)ncnc43)[C@@H](O)[C@@H]2O)[C@@H](O)[C@@H]1O.[Na+]. The summed E-state index contributed by atoms with van der Waals surface area (Å²) in [5.41, 5.74) is 12.5. The summed E-state index contributed by atoms with van der Waals surface area (Å²) in [4.78, 5) is 36.4. The van der Waals surface area contributed by atoms with Crippen LogP contribution in [-0.2, 0) is 23.1 Å². The van der Waals surface area contributed by atoms with Crippen molar-refractivity contribution in [1.82, 2.24) is 39.0 Å². The van der Waals surface area contributed by atoms with Crippen LogP contribution in [-0.4, -0.2) is 109 Å². The number of phosphoric ester groups is 1. The minimum atomic E-state index is -5.05. The summed E-state index contributed by atoms with van der Waals surface area (Å²) < 4.78 is 36.1. The number of phosphoric acid groups is 1. The van der Waals surface area contributed by atoms with Crippen molar-refractivity contribution < 1.29 is 78.0 Å². The van der Waals surface area contributed by atoms with Crippen molar-refractivity contribution in [3.8, 4) is 0 Å². The summed E-state index contributed by atoms with van der Waals surface area (Å²) in [5.74, 6) is 0.191. The third-order valence-electron chi connectivity index (χ3n) is 6.79. The monoisotopic (exact) mass is 618 g/mol. The van der Waals surface area contributed by atoms with E-state index in [9.17, 15) is 29.9 Å². The van der Waals surface area contributed by atoms with Crippen LogP contribution >= 0.6 is 7.82 Å². The molecule has 0 bridgehead atoms. The van der Waals surface area contributed by atoms with E-state index in [4.69, 9.17) is 30.0 Å². The number of nitrogens with two attached hydrogens (primary N) is 2. The van der Waals surface area contributed by atoms with Gasteiger partial charge in [0.1, 0.15) is 60.3 Å². The Kier molecular flexibility index (Phi) is 8.80. The Morgan fingerprint density at radius 3 is 1.57 bits per heavy atom. The van der Waals surface area contributed by atoms with Gasteiger partial charge in [0.05, 0.1) is 25.9 Å². The molecule has 0 aliphatic carbocycles. The summed E-state index contributed by atoms with van der Waals surface area (Å²) >= 11 is 0. The third kappa shape index (κ3) is 5.50. The smallest absolute Gasteiger partial charge is 0.756 e. The second-order valence-electron chi connectivity index (χ2n) is 9.30. The molecule has 6 heterocycles. The van der Waals surface area contributed by atoms with Crippen molar-refractivity contribution in [2.45, 2.75) is 49.1 Å². The molecule has 220 valence electrons. The van der Waals surface area contributed by atoms with Crippen molar-refractivity contribution in [2.75, 3.05) is 24.7 Å². The average molecular weight is 618 g/mol. The van der Waals surface area contributed by atoms with Crippen LogP contribution in [0.15, 0.2) is 25.3 Å². The first-order chi connectivity index (χ1) is 19.6. The van der Waals surface area contributed by atoms with Crippen LogP contribution in [0.4, 0.5) is 11.6 Å². The Bertz CT molecular complexity index is 1510. The van der Waals surface area contributed by atoms with E-state index in [1.165, 1.54) is 34.4 Å². The number of rotatable bonds is 8. The molecule has 2 saturated heterocycles. The van der Waals surface area contributed by atoms with Gasteiger partial charge in [0.25, 0.3) is 7.82 Å². The molecular weight excluding hydrogens is 594 g/mol. The van der Waals surface area contributed by atoms with E-state index < -0.39 is 70.1 Å². The molecule has 4 aromatic rings. The maximum atomic E-state index is 12.5. The van der Waals surface area contributed by atoms with E-state index in [0.717, 1.165) is 0 Å². The molecule has 0 aromatic carbocycles. The van der Waals surface area contributed by atoms with Gasteiger partial charge in [0.15, 0.2) is 35.4 Å². The van der Waals surface area contributed by atoms with Crippen molar-refractivity contribution in [3.05, 3.63) is 25.3 Å². The first-order valence-corrected chi connectivity index (χ1v) is 13.5. The molecule has 6 rings (SSSR count). The molecule has 4 aromatic heterocycles. The summed E-state index contributed by atoms with van der Waals surface area (Å²) in [6.45, 7) is -1.44. The molecule has 0 saturated carbocycles. The maximum Gasteiger partial charge on any atom is 1.00 e. The number of anilines is 2. The zero-order chi connectivity index (χ0) is 29.1. The number of imidazole rings is 2. The molecule has 0 radical (unpaired) electrons. The standard InChI is InChI=1S/C20H25N10O10P.Na/c21-15-9-17(25-3-23-15)29(5-27-9)19-13(33)11(31)7(39-19)1-37-41(35,36)38-2-8-12(32)14(34)20(40-8)30-6-28-10-16(22)24-4-26-18(10)30;/h3-8,11-14,19-20,31-34H,1-2H2,(H,35,36)(H2,21,23,25)(H2,22,24,26);/q;+1/p-1/t7-,8-,11-,12-,13+,14+,19-,20+;/m1./s1. The van der Waals surface area contributed by atoms with E-state index in [1.54, 1.807) is 0 Å². The van der Waals surface area contributed by atoms with E-state index in [1.807, 2.05) is 0 Å². The van der Waals surface area contributed by atoms with Crippen LogP contribution in [0.2, 0.25) is 0 Å². The van der Waals surface area contributed by atoms with Gasteiger partial charge in [-0.15, -0.1) is 0 Å². The maximum absolute atomic E-state index is 12.5. The van der Waals surface area contributed by atoms with Gasteiger partial charge in [-0.25, -0.2) is 29.9 Å². The number of fused-ring (bicyclic) bond motifs is 2. The van der Waals surface area contributed by atoms with Gasteiger partial charge in [-0.3, -0.25) is 13.7 Å². The molecular formula is C20H24N10NaO10P. The Morgan fingerprint density at radius 2 is 1.17 bits per heavy atom. The molecule has 22 heteroatoms. The van der Waals surface area contributed by atoms with Crippen molar-refractivity contribution in [3.63, 3.8) is 0 Å². The average Bonchev–Trinajstić information content (AvgIpc) is 3.70. The minimum absolute atomic E-state index is 0. The van der Waals surface area contributed by atoms with Gasteiger partial charge in [-0.05, 0) is 0 Å². The van der Waals surface area contributed by atoms with Crippen LogP contribution in [0, 0.1) is 0 Å². The number of nitrogens with zero attached hydrogens (tertiary/aromatic N) is 8. The number of ether oxygens (including phenoxy) is 2. The zero-order valence-corrected chi connectivity index (χ0v) is 24.7. The fourth-order valence-corrected chi connectivity index (χ4v) is 5.41. The summed E-state index contributed by atoms with van der Waals surface area (Å²) in [6.07, 6.45) is -6.10. The largest absolute Gasteiger partial charge is 1.00 e. The van der Waals surface area contributed by atoms with Gasteiger partial charge in [-0.2, -0.15) is 0 Å². The number of aliphatic hydroxyl groups is 4. The number of aliphatic hydroxyl groups excluding tert-OH is 4. The van der Waals surface area contributed by atoms with E-state index in [-0.39, 0.29) is 63.5 Å². The van der Waals surface area contributed by atoms with Crippen molar-refractivity contribution in [2.24, 2.45) is 0 Å². The molecule has 20 nitrogen and oxygen atoms in total. The molecule has 0 amide bonds. The van der Waals surface area contributed by atoms with Crippen LogP contribution in [0.1, 0.15) is 12.5 Å². The normalized spacial score (nSPS) is 31.0. The Morgan fingerprint density at radius 1 is 0.762 bits per heavy atom. The summed E-state index contributed by atoms with van der Waals surface area (Å²) in [7, 11) is -5.05. The molecule has 42 heavy (non-hydrogen) atoms. The fraction of sp³-hybridized carbons (Fsp3) is 0.500. The molecule has 0 spiro atoms. The van der Waals surface area contributed by atoms with E-state index in [2.05, 4.69) is 29.9 Å². The summed E-state index contributed by atoms with van der Waals surface area (Å²) in [6, 6.07) is 0. The van der Waals surface area contributed by atoms with Gasteiger partial charge < -0.3 is 55.3 Å². The molecule has 2 aliphatic rings. The van der Waals surface area contributed by atoms with Gasteiger partial charge in [0, 0.05) is 0 Å². The molecule has 2 fully saturated rings. The molecule has 1 unspecified atom stereocenters. The summed E-state index contributed by atoms with van der Waals surface area (Å²) in [5, 5.41) is 41.9. The topological polar surface area (TPSA) is 297 Å².